The molecule has 0 saturated carbocycles. The van der Waals surface area contributed by atoms with E-state index >= 15 is 0 Å². The molecule has 11 heteroatoms. The van der Waals surface area contributed by atoms with Crippen molar-refractivity contribution < 1.29 is 22.7 Å². The number of rotatable bonds is 4. The number of alkyl halides is 3. The van der Waals surface area contributed by atoms with E-state index in [4.69, 9.17) is 4.74 Å². The van der Waals surface area contributed by atoms with Crippen molar-refractivity contribution in [1.82, 2.24) is 20.3 Å². The SMILES string of the molecule is CNC(=O)C1=CC#CCC1=Nc1c(C(F)(F)F)cnc2[nH]c(-c3ccc(N4CCOCC4)nc3)cc12. The van der Waals surface area contributed by atoms with Gasteiger partial charge in [-0.1, -0.05) is 11.8 Å². The predicted molar refractivity (Wildman–Crippen MR) is 129 cm³/mol. The summed E-state index contributed by atoms with van der Waals surface area (Å²) in [6.07, 6.45) is -0.882. The number of anilines is 1. The number of pyridine rings is 2. The zero-order valence-electron chi connectivity index (χ0n) is 19.2. The number of nitrogens with one attached hydrogen (secondary N) is 2. The molecule has 184 valence electrons. The maximum Gasteiger partial charge on any atom is 0.419 e. The third-order valence-corrected chi connectivity index (χ3v) is 5.93. The number of H-pyrrole nitrogens is 1. The number of morpholine rings is 1. The maximum absolute atomic E-state index is 13.9. The van der Waals surface area contributed by atoms with Crippen LogP contribution in [0.2, 0.25) is 0 Å². The molecule has 2 aliphatic rings. The Hall–Kier alpha value is -4.17. The monoisotopic (exact) mass is 494 g/mol. The Morgan fingerprint density at radius 2 is 2.03 bits per heavy atom. The molecule has 1 fully saturated rings. The molecule has 1 aliphatic carbocycles. The minimum atomic E-state index is -4.70. The highest BCUT2D eigenvalue weighted by Crippen LogP contribution is 2.41. The quantitative estimate of drug-likeness (QED) is 0.540. The maximum atomic E-state index is 13.9. The topological polar surface area (TPSA) is 95.5 Å². The number of nitrogens with zero attached hydrogens (tertiary/aromatic N) is 4. The summed E-state index contributed by atoms with van der Waals surface area (Å²) in [4.78, 5) is 30.3. The predicted octanol–water partition coefficient (Wildman–Crippen LogP) is 3.63. The Morgan fingerprint density at radius 3 is 2.72 bits per heavy atom. The van der Waals surface area contributed by atoms with Crippen molar-refractivity contribution in [2.75, 3.05) is 38.3 Å². The number of aromatic amines is 1. The van der Waals surface area contributed by atoms with Gasteiger partial charge in [0, 0.05) is 55.3 Å². The molecule has 1 amide bonds. The van der Waals surface area contributed by atoms with Gasteiger partial charge in [-0.15, -0.1) is 0 Å². The summed E-state index contributed by atoms with van der Waals surface area (Å²) in [5.74, 6) is 5.79. The Morgan fingerprint density at radius 1 is 1.22 bits per heavy atom. The summed E-state index contributed by atoms with van der Waals surface area (Å²) < 4.78 is 47.2. The zero-order valence-corrected chi connectivity index (χ0v) is 19.2. The molecular weight excluding hydrogens is 473 g/mol. The van der Waals surface area contributed by atoms with Crippen molar-refractivity contribution in [3.63, 3.8) is 0 Å². The summed E-state index contributed by atoms with van der Waals surface area (Å²) in [7, 11) is 1.44. The van der Waals surface area contributed by atoms with Gasteiger partial charge in [0.2, 0.25) is 0 Å². The molecule has 0 atom stereocenters. The number of likely N-dealkylation sites (N-methyl/N-ethyl adjacent to an activating group) is 1. The second-order valence-corrected chi connectivity index (χ2v) is 8.16. The number of fused-ring (bicyclic) bond motifs is 1. The fraction of sp³-hybridized carbons (Fsp3) is 0.280. The number of aliphatic imine (C=N–C) groups is 1. The Bertz CT molecular complexity index is 1440. The van der Waals surface area contributed by atoms with E-state index in [1.807, 2.05) is 12.1 Å². The van der Waals surface area contributed by atoms with Gasteiger partial charge < -0.3 is 19.9 Å². The molecular formula is C25H21F3N6O2. The van der Waals surface area contributed by atoms with E-state index in [1.165, 1.54) is 13.1 Å². The van der Waals surface area contributed by atoms with Gasteiger partial charge in [0.05, 0.1) is 36.6 Å². The van der Waals surface area contributed by atoms with Crippen LogP contribution in [-0.4, -0.2) is 59.9 Å². The molecule has 1 aliphatic heterocycles. The van der Waals surface area contributed by atoms with Gasteiger partial charge in [-0.2, -0.15) is 13.2 Å². The van der Waals surface area contributed by atoms with E-state index in [0.717, 1.165) is 25.1 Å². The first-order chi connectivity index (χ1) is 17.3. The van der Waals surface area contributed by atoms with E-state index in [2.05, 4.69) is 42.0 Å². The molecule has 0 radical (unpaired) electrons. The molecule has 5 rings (SSSR count). The van der Waals surface area contributed by atoms with E-state index in [0.29, 0.717) is 24.5 Å². The van der Waals surface area contributed by atoms with E-state index in [1.54, 1.807) is 12.3 Å². The molecule has 3 aromatic rings. The van der Waals surface area contributed by atoms with Crippen LogP contribution < -0.4 is 10.2 Å². The van der Waals surface area contributed by atoms with Gasteiger partial charge in [-0.25, -0.2) is 9.97 Å². The fourth-order valence-electron chi connectivity index (χ4n) is 4.07. The average molecular weight is 494 g/mol. The Kier molecular flexibility index (Phi) is 6.20. The van der Waals surface area contributed by atoms with Gasteiger partial charge >= 0.3 is 6.18 Å². The minimum absolute atomic E-state index is 0.0462. The summed E-state index contributed by atoms with van der Waals surface area (Å²) in [6.45, 7) is 2.74. The number of aromatic nitrogens is 3. The molecule has 3 aromatic heterocycles. The van der Waals surface area contributed by atoms with Crippen LogP contribution in [-0.2, 0) is 15.7 Å². The van der Waals surface area contributed by atoms with Gasteiger partial charge in [0.1, 0.15) is 17.0 Å². The first-order valence-electron chi connectivity index (χ1n) is 11.2. The number of ether oxygens (including phenoxy) is 1. The van der Waals surface area contributed by atoms with Crippen molar-refractivity contribution in [3.8, 4) is 23.1 Å². The minimum Gasteiger partial charge on any atom is -0.378 e. The highest BCUT2D eigenvalue weighted by Gasteiger charge is 2.36. The second-order valence-electron chi connectivity index (χ2n) is 8.16. The largest absolute Gasteiger partial charge is 0.419 e. The van der Waals surface area contributed by atoms with Crippen molar-refractivity contribution in [2.45, 2.75) is 12.6 Å². The molecule has 1 saturated heterocycles. The van der Waals surface area contributed by atoms with Crippen molar-refractivity contribution >= 4 is 34.2 Å². The lowest BCUT2D eigenvalue weighted by atomic mass is 10.0. The highest BCUT2D eigenvalue weighted by atomic mass is 19.4. The summed E-state index contributed by atoms with van der Waals surface area (Å²) in [6, 6.07) is 5.28. The molecule has 4 heterocycles. The third-order valence-electron chi connectivity index (χ3n) is 5.93. The van der Waals surface area contributed by atoms with Crippen molar-refractivity contribution in [3.05, 3.63) is 47.8 Å². The number of amides is 1. The van der Waals surface area contributed by atoms with Crippen LogP contribution in [0.15, 0.2) is 47.2 Å². The van der Waals surface area contributed by atoms with Crippen LogP contribution in [0.4, 0.5) is 24.7 Å². The number of carbonyl (C=O) groups excluding carboxylic acids is 1. The van der Waals surface area contributed by atoms with Crippen molar-refractivity contribution in [1.29, 1.82) is 0 Å². The van der Waals surface area contributed by atoms with Crippen LogP contribution in [0.1, 0.15) is 12.0 Å². The van der Waals surface area contributed by atoms with Gasteiger partial charge in [0.15, 0.2) is 0 Å². The van der Waals surface area contributed by atoms with Gasteiger partial charge in [-0.3, -0.25) is 9.79 Å². The lowest BCUT2D eigenvalue weighted by molar-refractivity contribution is -0.137. The van der Waals surface area contributed by atoms with Crippen LogP contribution >= 0.6 is 0 Å². The van der Waals surface area contributed by atoms with E-state index in [-0.39, 0.29) is 34.4 Å². The van der Waals surface area contributed by atoms with E-state index in [9.17, 15) is 18.0 Å². The highest BCUT2D eigenvalue weighted by molar-refractivity contribution is 6.24. The summed E-state index contributed by atoms with van der Waals surface area (Å²) in [5, 5.41) is 2.65. The van der Waals surface area contributed by atoms with Crippen LogP contribution in [0, 0.1) is 11.8 Å². The van der Waals surface area contributed by atoms with E-state index < -0.39 is 17.6 Å². The van der Waals surface area contributed by atoms with Crippen LogP contribution in [0.5, 0.6) is 0 Å². The number of halogens is 3. The summed E-state index contributed by atoms with van der Waals surface area (Å²) in [5.41, 5.74) is 0.446. The number of allylic oxidation sites excluding steroid dienone is 1. The number of hydrogen-bond acceptors (Lipinski definition) is 6. The summed E-state index contributed by atoms with van der Waals surface area (Å²) >= 11 is 0. The Balaban J connectivity index is 1.58. The smallest absolute Gasteiger partial charge is 0.378 e. The van der Waals surface area contributed by atoms with Crippen LogP contribution in [0.3, 0.4) is 0 Å². The van der Waals surface area contributed by atoms with Gasteiger partial charge in [-0.05, 0) is 18.2 Å². The zero-order chi connectivity index (χ0) is 25.3. The van der Waals surface area contributed by atoms with Crippen molar-refractivity contribution in [2.24, 2.45) is 4.99 Å². The normalized spacial score (nSPS) is 17.1. The number of hydrogen-bond donors (Lipinski definition) is 2. The third kappa shape index (κ3) is 4.55. The first kappa shape index (κ1) is 23.6. The molecule has 0 spiro atoms. The van der Waals surface area contributed by atoms with Crippen LogP contribution in [0.25, 0.3) is 22.3 Å². The molecule has 0 unspecified atom stereocenters. The molecule has 0 aromatic carbocycles. The standard InChI is InChI=1S/C25H21F3N6O2/c1-29-24(35)16-4-2-3-5-19(16)32-22-17-12-20(33-23(17)31-14-18(22)25(26,27)28)15-6-7-21(30-13-15)34-8-10-36-11-9-34/h4,6-7,12-14H,5,8-11H2,1H3,(H,29,35)(H,31,33). The first-order valence-corrected chi connectivity index (χ1v) is 11.2. The molecule has 2 N–H and O–H groups in total. The second kappa shape index (κ2) is 9.47. The lowest BCUT2D eigenvalue weighted by Gasteiger charge is -2.27. The lowest BCUT2D eigenvalue weighted by Crippen LogP contribution is -2.36. The molecule has 0 bridgehead atoms. The molecule has 8 nitrogen and oxygen atoms in total. The van der Waals surface area contributed by atoms with Gasteiger partial charge in [0.25, 0.3) is 5.91 Å². The fourth-order valence-corrected chi connectivity index (χ4v) is 4.07. The Labute approximate surface area is 204 Å². The molecule has 36 heavy (non-hydrogen) atoms. The number of carbonyl (C=O) groups is 1. The average Bonchev–Trinajstić information content (AvgIpc) is 3.34.